The molecule has 0 radical (unpaired) electrons. The number of benzene rings is 1. The fraction of sp³-hybridized carbons (Fsp3) is 0.360. The lowest BCUT2D eigenvalue weighted by atomic mass is 10.1. The lowest BCUT2D eigenvalue weighted by Gasteiger charge is -2.25. The first-order valence-corrected chi connectivity index (χ1v) is 12.1. The van der Waals surface area contributed by atoms with Gasteiger partial charge >= 0.3 is 5.97 Å². The van der Waals surface area contributed by atoms with Crippen LogP contribution in [-0.4, -0.2) is 102 Å². The van der Waals surface area contributed by atoms with Gasteiger partial charge < -0.3 is 31.7 Å². The van der Waals surface area contributed by atoms with E-state index in [0.717, 1.165) is 17.7 Å². The first-order chi connectivity index (χ1) is 19.0. The number of rotatable bonds is 16. The monoisotopic (exact) mass is 558 g/mol. The van der Waals surface area contributed by atoms with Crippen molar-refractivity contribution in [2.45, 2.75) is 25.4 Å². The first-order valence-electron chi connectivity index (χ1n) is 12.1. The van der Waals surface area contributed by atoms with Gasteiger partial charge in [-0.25, -0.2) is 0 Å². The van der Waals surface area contributed by atoms with Crippen LogP contribution in [0.1, 0.15) is 12.5 Å². The summed E-state index contributed by atoms with van der Waals surface area (Å²) in [6.07, 6.45) is 2.04. The molecule has 0 bridgehead atoms. The molecule has 1 aromatic carbocycles. The standard InChI is InChI=1S/C25H30N6O9/c1-15(32)10-28-24(39)17(9-16-5-3-2-4-6-16)30-20(34)13-27-19(33)12-29-25(40)18(11-26-14-23(37)38)31-21(35)7-8-22(31)36/h2-8,17-18,26H,9-14H2,1H3,(H,27,33)(H,28,39)(H,29,40)(H,30,34)(H,37,38)/t17-,18+/m0/s1. The van der Waals surface area contributed by atoms with E-state index in [4.69, 9.17) is 5.11 Å². The Bertz CT molecular complexity index is 1170. The summed E-state index contributed by atoms with van der Waals surface area (Å²) >= 11 is 0. The zero-order valence-electron chi connectivity index (χ0n) is 21.6. The fourth-order valence-corrected chi connectivity index (χ4v) is 3.50. The number of carbonyl (C=O) groups excluding carboxylic acids is 7. The maximum absolute atomic E-state index is 12.6. The number of carboxylic acid groups (broad SMARTS) is 1. The number of aliphatic carboxylic acids is 1. The molecule has 15 heteroatoms. The number of Topliss-reactive ketones (excluding diaryl/α,β-unsaturated/α-hetero) is 1. The zero-order valence-corrected chi connectivity index (χ0v) is 21.6. The Hall–Kier alpha value is -4.92. The summed E-state index contributed by atoms with van der Waals surface area (Å²) in [7, 11) is 0. The van der Waals surface area contributed by atoms with E-state index in [2.05, 4.69) is 26.6 Å². The molecule has 0 aliphatic carbocycles. The number of hydrogen-bond acceptors (Lipinski definition) is 9. The van der Waals surface area contributed by atoms with Gasteiger partial charge in [0.25, 0.3) is 11.8 Å². The molecule has 15 nitrogen and oxygen atoms in total. The molecule has 1 aromatic rings. The first kappa shape index (κ1) is 31.3. The van der Waals surface area contributed by atoms with Crippen LogP contribution in [0.3, 0.4) is 0 Å². The van der Waals surface area contributed by atoms with Gasteiger partial charge in [-0.2, -0.15) is 0 Å². The van der Waals surface area contributed by atoms with Crippen LogP contribution >= 0.6 is 0 Å². The summed E-state index contributed by atoms with van der Waals surface area (Å²) in [5, 5.41) is 20.7. The number of amides is 6. The van der Waals surface area contributed by atoms with Crippen LogP contribution in [0, 0.1) is 0 Å². The van der Waals surface area contributed by atoms with E-state index in [-0.39, 0.29) is 25.3 Å². The van der Waals surface area contributed by atoms with Gasteiger partial charge in [0, 0.05) is 25.1 Å². The van der Waals surface area contributed by atoms with Crippen molar-refractivity contribution < 1.29 is 43.5 Å². The minimum atomic E-state index is -1.43. The highest BCUT2D eigenvalue weighted by molar-refractivity contribution is 6.15. The summed E-state index contributed by atoms with van der Waals surface area (Å²) in [6, 6.07) is 6.35. The molecule has 0 fully saturated rings. The molecule has 0 unspecified atom stereocenters. The van der Waals surface area contributed by atoms with Crippen LogP contribution in [0.25, 0.3) is 0 Å². The molecule has 2 atom stereocenters. The van der Waals surface area contributed by atoms with Crippen LogP contribution in [0.2, 0.25) is 0 Å². The third kappa shape index (κ3) is 10.4. The highest BCUT2D eigenvalue weighted by Gasteiger charge is 2.35. The molecule has 0 saturated heterocycles. The lowest BCUT2D eigenvalue weighted by molar-refractivity contribution is -0.145. The second kappa shape index (κ2) is 15.5. The highest BCUT2D eigenvalue weighted by Crippen LogP contribution is 2.09. The normalized spacial score (nSPS) is 13.8. The summed E-state index contributed by atoms with van der Waals surface area (Å²) in [6.45, 7) is -1.01. The van der Waals surface area contributed by atoms with E-state index in [1.165, 1.54) is 6.92 Å². The maximum Gasteiger partial charge on any atom is 0.317 e. The van der Waals surface area contributed by atoms with E-state index in [0.29, 0.717) is 4.90 Å². The predicted octanol–water partition coefficient (Wildman–Crippen LogP) is -3.38. The molecule has 1 aliphatic rings. The lowest BCUT2D eigenvalue weighted by Crippen LogP contribution is -2.56. The van der Waals surface area contributed by atoms with E-state index >= 15 is 0 Å². The minimum Gasteiger partial charge on any atom is -0.480 e. The number of carbonyl (C=O) groups is 8. The zero-order chi connectivity index (χ0) is 29.7. The number of ketones is 1. The molecule has 0 saturated carbocycles. The molecule has 6 amide bonds. The van der Waals surface area contributed by atoms with Crippen molar-refractivity contribution in [1.82, 2.24) is 31.5 Å². The summed E-state index contributed by atoms with van der Waals surface area (Å²) in [5.41, 5.74) is 0.745. The van der Waals surface area contributed by atoms with Gasteiger partial charge in [0.2, 0.25) is 23.6 Å². The van der Waals surface area contributed by atoms with Gasteiger partial charge in [-0.15, -0.1) is 0 Å². The molecule has 214 valence electrons. The predicted molar refractivity (Wildman–Crippen MR) is 137 cm³/mol. The third-order valence-corrected chi connectivity index (χ3v) is 5.39. The number of carboxylic acids is 1. The van der Waals surface area contributed by atoms with Gasteiger partial charge in [0.1, 0.15) is 17.9 Å². The Morgan fingerprint density at radius 3 is 2.00 bits per heavy atom. The Morgan fingerprint density at radius 1 is 0.800 bits per heavy atom. The molecule has 0 spiro atoms. The van der Waals surface area contributed by atoms with E-state index < -0.39 is 73.1 Å². The topological polar surface area (TPSA) is 220 Å². The van der Waals surface area contributed by atoms with Crippen molar-refractivity contribution in [2.75, 3.05) is 32.7 Å². The molecular weight excluding hydrogens is 528 g/mol. The number of nitrogens with one attached hydrogen (secondary N) is 5. The third-order valence-electron chi connectivity index (χ3n) is 5.39. The summed E-state index contributed by atoms with van der Waals surface area (Å²) in [5.74, 6) is -6.06. The van der Waals surface area contributed by atoms with Gasteiger partial charge in [0.15, 0.2) is 0 Å². The SMILES string of the molecule is CC(=O)CNC(=O)[C@H](Cc1ccccc1)NC(=O)CNC(=O)CNC(=O)[C@@H](CNCC(=O)O)N1C(=O)C=CC1=O. The van der Waals surface area contributed by atoms with Crippen molar-refractivity contribution in [2.24, 2.45) is 0 Å². The van der Waals surface area contributed by atoms with Crippen molar-refractivity contribution >= 4 is 47.2 Å². The Labute approximate surface area is 228 Å². The highest BCUT2D eigenvalue weighted by atomic mass is 16.4. The fourth-order valence-electron chi connectivity index (χ4n) is 3.50. The van der Waals surface area contributed by atoms with E-state index in [1.54, 1.807) is 30.3 Å². The van der Waals surface area contributed by atoms with Crippen LogP contribution in [0.15, 0.2) is 42.5 Å². The second-order valence-corrected chi connectivity index (χ2v) is 8.64. The minimum absolute atomic E-state index is 0.125. The molecule has 0 aromatic heterocycles. The number of hydrogen-bond donors (Lipinski definition) is 6. The number of imide groups is 1. The summed E-state index contributed by atoms with van der Waals surface area (Å²) < 4.78 is 0. The van der Waals surface area contributed by atoms with Gasteiger partial charge in [-0.05, 0) is 12.5 Å². The molecule has 2 rings (SSSR count). The van der Waals surface area contributed by atoms with Gasteiger partial charge in [-0.1, -0.05) is 30.3 Å². The Balaban J connectivity index is 1.90. The molecule has 1 aliphatic heterocycles. The van der Waals surface area contributed by atoms with Crippen molar-refractivity contribution in [3.8, 4) is 0 Å². The average Bonchev–Trinajstić information content (AvgIpc) is 3.24. The molecule has 6 N–H and O–H groups in total. The van der Waals surface area contributed by atoms with Gasteiger partial charge in [0.05, 0.1) is 26.2 Å². The van der Waals surface area contributed by atoms with Crippen molar-refractivity contribution in [3.05, 3.63) is 48.0 Å². The Kier molecular flexibility index (Phi) is 12.1. The molecule has 40 heavy (non-hydrogen) atoms. The maximum atomic E-state index is 12.6. The smallest absolute Gasteiger partial charge is 0.317 e. The van der Waals surface area contributed by atoms with Crippen molar-refractivity contribution in [1.29, 1.82) is 0 Å². The largest absolute Gasteiger partial charge is 0.480 e. The van der Waals surface area contributed by atoms with E-state index in [1.807, 2.05) is 0 Å². The van der Waals surface area contributed by atoms with Crippen LogP contribution in [-0.2, 0) is 44.8 Å². The quantitative estimate of drug-likeness (QED) is 0.111. The molecule has 1 heterocycles. The van der Waals surface area contributed by atoms with Crippen molar-refractivity contribution in [3.63, 3.8) is 0 Å². The average molecular weight is 559 g/mol. The Morgan fingerprint density at radius 2 is 1.40 bits per heavy atom. The van der Waals surface area contributed by atoms with Gasteiger partial charge in [-0.3, -0.25) is 43.3 Å². The molecular formula is C25H30N6O9. The van der Waals surface area contributed by atoms with E-state index in [9.17, 15) is 38.4 Å². The van der Waals surface area contributed by atoms with Crippen LogP contribution in [0.4, 0.5) is 0 Å². The van der Waals surface area contributed by atoms with Crippen LogP contribution < -0.4 is 26.6 Å². The summed E-state index contributed by atoms with van der Waals surface area (Å²) in [4.78, 5) is 96.4. The second-order valence-electron chi connectivity index (χ2n) is 8.64. The van der Waals surface area contributed by atoms with Crippen LogP contribution in [0.5, 0.6) is 0 Å². The number of nitrogens with zero attached hydrogens (tertiary/aromatic N) is 1.